The molecule has 4 rings (SSSR count). The monoisotopic (exact) mass is 409 g/mol. The number of carbonyl (C=O) groups excluding carboxylic acids is 3. The van der Waals surface area contributed by atoms with Crippen molar-refractivity contribution in [3.63, 3.8) is 0 Å². The molecule has 1 spiro atoms. The van der Waals surface area contributed by atoms with Crippen LogP contribution in [0.2, 0.25) is 0 Å². The second-order valence-electron chi connectivity index (χ2n) is 8.76. The highest BCUT2D eigenvalue weighted by Crippen LogP contribution is 2.46. The van der Waals surface area contributed by atoms with Crippen LogP contribution in [0.4, 0.5) is 0 Å². The minimum absolute atomic E-state index is 0.0344. The first kappa shape index (κ1) is 20.8. The van der Waals surface area contributed by atoms with E-state index in [1.165, 1.54) is 10.5 Å². The molecule has 30 heavy (non-hydrogen) atoms. The van der Waals surface area contributed by atoms with E-state index in [1.54, 1.807) is 0 Å². The van der Waals surface area contributed by atoms with Gasteiger partial charge in [0.1, 0.15) is 0 Å². The lowest BCUT2D eigenvalue weighted by Gasteiger charge is -2.34. The molecule has 1 saturated carbocycles. The van der Waals surface area contributed by atoms with Gasteiger partial charge in [-0.1, -0.05) is 55.3 Å². The summed E-state index contributed by atoms with van der Waals surface area (Å²) in [6, 6.07) is 10.2. The Morgan fingerprint density at radius 1 is 1.00 bits per heavy atom. The lowest BCUT2D eigenvalue weighted by molar-refractivity contribution is -0.142. The second kappa shape index (κ2) is 9.13. The first-order chi connectivity index (χ1) is 14.6. The Morgan fingerprint density at radius 3 is 2.40 bits per heavy atom. The Labute approximate surface area is 178 Å². The van der Waals surface area contributed by atoms with E-state index in [4.69, 9.17) is 0 Å². The Morgan fingerprint density at radius 2 is 1.70 bits per heavy atom. The molecule has 3 amide bonds. The van der Waals surface area contributed by atoms with Crippen molar-refractivity contribution in [1.82, 2.24) is 14.7 Å². The third-order valence-corrected chi connectivity index (χ3v) is 6.80. The van der Waals surface area contributed by atoms with Crippen LogP contribution >= 0.6 is 0 Å². The molecule has 0 bridgehead atoms. The SMILES string of the molecule is O=C(CCN1C(=O)CC2(CCCC2)C1=O)N1CCN(CC=Cc2ccccc2)CC1. The Kier molecular flexibility index (Phi) is 6.32. The second-order valence-corrected chi connectivity index (χ2v) is 8.76. The van der Waals surface area contributed by atoms with Crippen LogP contribution in [0.5, 0.6) is 0 Å². The molecule has 6 nitrogen and oxygen atoms in total. The number of nitrogens with zero attached hydrogens (tertiary/aromatic N) is 3. The van der Waals surface area contributed by atoms with Crippen LogP contribution in [0.3, 0.4) is 0 Å². The van der Waals surface area contributed by atoms with Gasteiger partial charge >= 0.3 is 0 Å². The van der Waals surface area contributed by atoms with E-state index < -0.39 is 5.41 Å². The number of imide groups is 1. The number of rotatable bonds is 6. The number of benzene rings is 1. The predicted molar refractivity (Wildman–Crippen MR) is 115 cm³/mol. The molecular formula is C24H31N3O3. The summed E-state index contributed by atoms with van der Waals surface area (Å²) in [6.07, 6.45) is 8.56. The molecule has 0 atom stereocenters. The van der Waals surface area contributed by atoms with Crippen molar-refractivity contribution < 1.29 is 14.4 Å². The summed E-state index contributed by atoms with van der Waals surface area (Å²) >= 11 is 0. The summed E-state index contributed by atoms with van der Waals surface area (Å²) in [7, 11) is 0. The lowest BCUT2D eigenvalue weighted by atomic mass is 9.84. The predicted octanol–water partition coefficient (Wildman–Crippen LogP) is 2.55. The summed E-state index contributed by atoms with van der Waals surface area (Å²) in [6.45, 7) is 4.19. The molecule has 3 aliphatic rings. The van der Waals surface area contributed by atoms with E-state index in [9.17, 15) is 14.4 Å². The number of carbonyl (C=O) groups is 3. The zero-order valence-electron chi connectivity index (χ0n) is 17.6. The van der Waals surface area contributed by atoms with Crippen molar-refractivity contribution in [2.75, 3.05) is 39.3 Å². The summed E-state index contributed by atoms with van der Waals surface area (Å²) in [5, 5.41) is 0. The third-order valence-electron chi connectivity index (χ3n) is 6.80. The van der Waals surface area contributed by atoms with E-state index in [0.717, 1.165) is 45.3 Å². The zero-order valence-corrected chi connectivity index (χ0v) is 17.6. The number of hydrogen-bond acceptors (Lipinski definition) is 4. The normalized spacial score (nSPS) is 22.0. The highest BCUT2D eigenvalue weighted by Gasteiger charge is 2.52. The summed E-state index contributed by atoms with van der Waals surface area (Å²) in [5.74, 6) is -0.0833. The summed E-state index contributed by atoms with van der Waals surface area (Å²) in [4.78, 5) is 43.3. The van der Waals surface area contributed by atoms with E-state index in [2.05, 4.69) is 29.2 Å². The topological polar surface area (TPSA) is 60.9 Å². The van der Waals surface area contributed by atoms with Gasteiger partial charge in [-0.25, -0.2) is 0 Å². The van der Waals surface area contributed by atoms with Crippen molar-refractivity contribution in [3.8, 4) is 0 Å². The van der Waals surface area contributed by atoms with Crippen LogP contribution in [-0.4, -0.2) is 71.7 Å². The molecule has 1 aromatic rings. The Hall–Kier alpha value is -2.47. The molecule has 1 aromatic carbocycles. The van der Waals surface area contributed by atoms with Gasteiger partial charge in [0.25, 0.3) is 0 Å². The van der Waals surface area contributed by atoms with Gasteiger partial charge < -0.3 is 4.90 Å². The average molecular weight is 410 g/mol. The van der Waals surface area contributed by atoms with Gasteiger partial charge in [-0.2, -0.15) is 0 Å². The van der Waals surface area contributed by atoms with Crippen molar-refractivity contribution in [2.24, 2.45) is 5.41 Å². The van der Waals surface area contributed by atoms with E-state index >= 15 is 0 Å². The van der Waals surface area contributed by atoms with Gasteiger partial charge in [0.05, 0.1) is 5.41 Å². The standard InChI is InChI=1S/C24H31N3O3/c28-21(10-14-27-22(29)19-24(23(27)30)11-4-5-12-24)26-17-15-25(16-18-26)13-6-9-20-7-2-1-3-8-20/h1-3,6-9H,4-5,10-19H2. The molecule has 0 aromatic heterocycles. The molecule has 2 heterocycles. The first-order valence-corrected chi connectivity index (χ1v) is 11.1. The molecule has 0 radical (unpaired) electrons. The molecule has 160 valence electrons. The average Bonchev–Trinajstić information content (AvgIpc) is 3.32. The quantitative estimate of drug-likeness (QED) is 0.678. The largest absolute Gasteiger partial charge is 0.340 e. The minimum Gasteiger partial charge on any atom is -0.340 e. The van der Waals surface area contributed by atoms with E-state index in [0.29, 0.717) is 19.5 Å². The Bertz CT molecular complexity index is 806. The van der Waals surface area contributed by atoms with Crippen LogP contribution < -0.4 is 0 Å². The van der Waals surface area contributed by atoms with Crippen molar-refractivity contribution >= 4 is 23.8 Å². The van der Waals surface area contributed by atoms with Crippen LogP contribution in [-0.2, 0) is 14.4 Å². The maximum absolute atomic E-state index is 12.7. The van der Waals surface area contributed by atoms with Gasteiger partial charge in [0, 0.05) is 52.1 Å². The maximum atomic E-state index is 12.7. The smallest absolute Gasteiger partial charge is 0.235 e. The fraction of sp³-hybridized carbons (Fsp3) is 0.542. The maximum Gasteiger partial charge on any atom is 0.235 e. The fourth-order valence-electron chi connectivity index (χ4n) is 4.98. The fourth-order valence-corrected chi connectivity index (χ4v) is 4.98. The van der Waals surface area contributed by atoms with Crippen LogP contribution in [0.1, 0.15) is 44.1 Å². The van der Waals surface area contributed by atoms with Crippen LogP contribution in [0, 0.1) is 5.41 Å². The molecule has 1 aliphatic carbocycles. The van der Waals surface area contributed by atoms with Crippen molar-refractivity contribution in [1.29, 1.82) is 0 Å². The van der Waals surface area contributed by atoms with Crippen molar-refractivity contribution in [2.45, 2.75) is 38.5 Å². The van der Waals surface area contributed by atoms with E-state index in [1.807, 2.05) is 23.1 Å². The molecule has 6 heteroatoms. The molecule has 3 fully saturated rings. The molecule has 0 unspecified atom stereocenters. The molecular weight excluding hydrogens is 378 g/mol. The molecule has 2 aliphatic heterocycles. The number of likely N-dealkylation sites (tertiary alicyclic amines) is 1. The Balaban J connectivity index is 1.20. The number of piperazine rings is 1. The first-order valence-electron chi connectivity index (χ1n) is 11.1. The molecule has 0 N–H and O–H groups in total. The number of amides is 3. The summed E-state index contributed by atoms with van der Waals surface area (Å²) < 4.78 is 0. The number of hydrogen-bond donors (Lipinski definition) is 0. The zero-order chi connectivity index (χ0) is 21.0. The van der Waals surface area contributed by atoms with Gasteiger partial charge in [0.15, 0.2) is 0 Å². The van der Waals surface area contributed by atoms with Crippen molar-refractivity contribution in [3.05, 3.63) is 42.0 Å². The summed E-state index contributed by atoms with van der Waals surface area (Å²) in [5.41, 5.74) is 0.746. The van der Waals surface area contributed by atoms with Crippen LogP contribution in [0.25, 0.3) is 6.08 Å². The van der Waals surface area contributed by atoms with Gasteiger partial charge in [-0.15, -0.1) is 0 Å². The third kappa shape index (κ3) is 4.48. The van der Waals surface area contributed by atoms with E-state index in [-0.39, 0.29) is 30.7 Å². The highest BCUT2D eigenvalue weighted by molar-refractivity contribution is 6.06. The molecule has 2 saturated heterocycles. The van der Waals surface area contributed by atoms with Crippen LogP contribution in [0.15, 0.2) is 36.4 Å². The van der Waals surface area contributed by atoms with Gasteiger partial charge in [-0.05, 0) is 18.4 Å². The van der Waals surface area contributed by atoms with Gasteiger partial charge in [-0.3, -0.25) is 24.2 Å². The van der Waals surface area contributed by atoms with Gasteiger partial charge in [0.2, 0.25) is 17.7 Å². The minimum atomic E-state index is -0.445. The highest BCUT2D eigenvalue weighted by atomic mass is 16.2. The lowest BCUT2D eigenvalue weighted by Crippen LogP contribution is -2.49.